The fourth-order valence-electron chi connectivity index (χ4n) is 6.03. The molecule has 188 valence electrons. The molecule has 0 bridgehead atoms. The Bertz CT molecular complexity index is 1470. The van der Waals surface area contributed by atoms with E-state index in [0.29, 0.717) is 30.2 Å². The lowest BCUT2D eigenvalue weighted by Crippen LogP contribution is -2.33. The number of nitrogens with one attached hydrogen (secondary N) is 1. The van der Waals surface area contributed by atoms with Crippen LogP contribution >= 0.6 is 0 Å². The van der Waals surface area contributed by atoms with Gasteiger partial charge in [-0.15, -0.1) is 0 Å². The average Bonchev–Trinajstić information content (AvgIpc) is 3.13. The molecule has 1 atom stereocenters. The van der Waals surface area contributed by atoms with Crippen molar-refractivity contribution in [3.05, 3.63) is 89.5 Å². The van der Waals surface area contributed by atoms with Gasteiger partial charge in [0.05, 0.1) is 12.2 Å². The van der Waals surface area contributed by atoms with Gasteiger partial charge >= 0.3 is 5.97 Å². The fraction of sp³-hybridized carbons (Fsp3) is 0.290. The highest BCUT2D eigenvalue weighted by Crippen LogP contribution is 2.47. The minimum absolute atomic E-state index is 0.404. The molecule has 2 aliphatic rings. The van der Waals surface area contributed by atoms with Gasteiger partial charge in [0.25, 0.3) is 5.91 Å². The fourth-order valence-corrected chi connectivity index (χ4v) is 6.03. The van der Waals surface area contributed by atoms with Crippen molar-refractivity contribution in [1.29, 1.82) is 0 Å². The quantitative estimate of drug-likeness (QED) is 0.341. The zero-order chi connectivity index (χ0) is 25.4. The molecule has 2 heterocycles. The Morgan fingerprint density at radius 1 is 0.946 bits per heavy atom. The molecule has 0 radical (unpaired) electrons. The third kappa shape index (κ3) is 4.26. The van der Waals surface area contributed by atoms with Gasteiger partial charge in [-0.05, 0) is 54.2 Å². The van der Waals surface area contributed by atoms with E-state index >= 15 is 0 Å². The van der Waals surface area contributed by atoms with Crippen molar-refractivity contribution in [3.63, 3.8) is 0 Å². The van der Waals surface area contributed by atoms with E-state index in [2.05, 4.69) is 28.1 Å². The summed E-state index contributed by atoms with van der Waals surface area (Å²) in [5.74, 6) is -0.136. The molecule has 1 saturated carbocycles. The molecule has 0 saturated heterocycles. The van der Waals surface area contributed by atoms with E-state index in [4.69, 9.17) is 4.74 Å². The summed E-state index contributed by atoms with van der Waals surface area (Å²) >= 11 is 0. The van der Waals surface area contributed by atoms with Crippen LogP contribution in [-0.4, -0.2) is 28.2 Å². The summed E-state index contributed by atoms with van der Waals surface area (Å²) in [6.45, 7) is 1.23. The lowest BCUT2D eigenvalue weighted by molar-refractivity contribution is -0.139. The number of amides is 1. The molecule has 6 rings (SSSR count). The molecule has 1 amide bonds. The van der Waals surface area contributed by atoms with Crippen LogP contribution in [-0.2, 0) is 11.3 Å². The molecule has 0 spiro atoms. The Labute approximate surface area is 215 Å². The lowest BCUT2D eigenvalue weighted by atomic mass is 9.81. The number of benzene rings is 3. The molecule has 6 heteroatoms. The van der Waals surface area contributed by atoms with Crippen molar-refractivity contribution in [2.75, 3.05) is 6.61 Å². The van der Waals surface area contributed by atoms with Crippen molar-refractivity contribution >= 4 is 22.8 Å². The molecular weight excluding hydrogens is 464 g/mol. The normalized spacial score (nSPS) is 16.2. The van der Waals surface area contributed by atoms with Gasteiger partial charge in [0.15, 0.2) is 6.04 Å². The van der Waals surface area contributed by atoms with Crippen LogP contribution in [0.1, 0.15) is 65.5 Å². The maximum Gasteiger partial charge on any atom is 0.330 e. The van der Waals surface area contributed by atoms with E-state index < -0.39 is 17.9 Å². The number of rotatable bonds is 5. The number of hydrogen-bond donors (Lipinski definition) is 2. The monoisotopic (exact) mass is 494 g/mol. The van der Waals surface area contributed by atoms with Gasteiger partial charge in [-0.2, -0.15) is 0 Å². The van der Waals surface area contributed by atoms with Gasteiger partial charge in [-0.3, -0.25) is 4.79 Å². The second-order valence-electron chi connectivity index (χ2n) is 9.98. The minimum atomic E-state index is -1.12. The Kier molecular flexibility index (Phi) is 6.16. The molecule has 6 nitrogen and oxygen atoms in total. The highest BCUT2D eigenvalue weighted by molar-refractivity contribution is 6.02. The van der Waals surface area contributed by atoms with Crippen LogP contribution in [0, 0.1) is 0 Å². The number of carbonyl (C=O) groups excluding carboxylic acids is 1. The summed E-state index contributed by atoms with van der Waals surface area (Å²) in [5, 5.41) is 13.7. The molecule has 37 heavy (non-hydrogen) atoms. The molecule has 3 aromatic carbocycles. The van der Waals surface area contributed by atoms with Crippen LogP contribution in [0.15, 0.2) is 72.8 Å². The smallest absolute Gasteiger partial charge is 0.330 e. The summed E-state index contributed by atoms with van der Waals surface area (Å²) in [6.07, 6.45) is 6.06. The van der Waals surface area contributed by atoms with Crippen molar-refractivity contribution in [2.24, 2.45) is 0 Å². The number of aromatic nitrogens is 1. The first-order chi connectivity index (χ1) is 18.1. The number of hydrogen-bond acceptors (Lipinski definition) is 3. The third-order valence-electron chi connectivity index (χ3n) is 7.75. The van der Waals surface area contributed by atoms with E-state index in [1.165, 1.54) is 35.9 Å². The van der Waals surface area contributed by atoms with Gasteiger partial charge in [0.2, 0.25) is 0 Å². The van der Waals surface area contributed by atoms with Crippen LogP contribution in [0.2, 0.25) is 0 Å². The Morgan fingerprint density at radius 2 is 1.70 bits per heavy atom. The van der Waals surface area contributed by atoms with E-state index in [1.807, 2.05) is 30.3 Å². The molecule has 1 unspecified atom stereocenters. The number of para-hydroxylation sites is 1. The first-order valence-electron chi connectivity index (χ1n) is 13.1. The topological polar surface area (TPSA) is 80.6 Å². The molecule has 1 fully saturated rings. The average molecular weight is 495 g/mol. The predicted molar refractivity (Wildman–Crippen MR) is 143 cm³/mol. The number of carboxylic acids is 1. The summed E-state index contributed by atoms with van der Waals surface area (Å²) in [6, 6.07) is 21.7. The highest BCUT2D eigenvalue weighted by Gasteiger charge is 2.30. The van der Waals surface area contributed by atoms with Crippen molar-refractivity contribution in [1.82, 2.24) is 9.88 Å². The minimum Gasteiger partial charge on any atom is -0.491 e. The van der Waals surface area contributed by atoms with Crippen LogP contribution in [0.4, 0.5) is 0 Å². The summed E-state index contributed by atoms with van der Waals surface area (Å²) in [4.78, 5) is 25.3. The number of nitrogens with zero attached hydrogens (tertiary/aromatic N) is 1. The zero-order valence-corrected chi connectivity index (χ0v) is 20.7. The zero-order valence-electron chi connectivity index (χ0n) is 20.7. The largest absolute Gasteiger partial charge is 0.491 e. The lowest BCUT2D eigenvalue weighted by Gasteiger charge is -2.23. The van der Waals surface area contributed by atoms with Crippen molar-refractivity contribution < 1.29 is 19.4 Å². The standard InChI is InChI=1S/C31H30N2O4/c34-30(32-28(31(35)36)21-11-5-2-6-12-21)22-15-16-23-25(19-22)33-17-18-37-26-14-8-7-13-24(26)29(33)27(23)20-9-3-1-4-10-20/h2,5-8,11-16,19-20,28H,1,3-4,9-10,17-18H2,(H,32,34)(H,35,36). The first-order valence-corrected chi connectivity index (χ1v) is 13.1. The Morgan fingerprint density at radius 3 is 2.49 bits per heavy atom. The van der Waals surface area contributed by atoms with Gasteiger partial charge in [0.1, 0.15) is 12.4 Å². The van der Waals surface area contributed by atoms with E-state index in [9.17, 15) is 14.7 Å². The molecule has 2 N–H and O–H groups in total. The van der Waals surface area contributed by atoms with Gasteiger partial charge in [0, 0.05) is 22.0 Å². The first kappa shape index (κ1) is 23.3. The maximum absolute atomic E-state index is 13.3. The summed E-state index contributed by atoms with van der Waals surface area (Å²) in [7, 11) is 0. The Hall–Kier alpha value is -4.06. The van der Waals surface area contributed by atoms with Crippen molar-refractivity contribution in [3.8, 4) is 17.0 Å². The van der Waals surface area contributed by atoms with E-state index in [0.717, 1.165) is 29.7 Å². The molecule has 1 aliphatic heterocycles. The maximum atomic E-state index is 13.3. The molecule has 1 aromatic heterocycles. The predicted octanol–water partition coefficient (Wildman–Crippen LogP) is 6.30. The van der Waals surface area contributed by atoms with Crippen LogP contribution < -0.4 is 10.1 Å². The van der Waals surface area contributed by atoms with E-state index in [-0.39, 0.29) is 0 Å². The Balaban J connectivity index is 1.46. The second kappa shape index (κ2) is 9.77. The van der Waals surface area contributed by atoms with Gasteiger partial charge in [-0.25, -0.2) is 4.79 Å². The van der Waals surface area contributed by atoms with Crippen LogP contribution in [0.3, 0.4) is 0 Å². The molecular formula is C31H30N2O4. The van der Waals surface area contributed by atoms with Crippen LogP contribution in [0.25, 0.3) is 22.2 Å². The number of carbonyl (C=O) groups is 2. The van der Waals surface area contributed by atoms with Gasteiger partial charge in [-0.1, -0.05) is 67.8 Å². The summed E-state index contributed by atoms with van der Waals surface area (Å²) < 4.78 is 8.42. The molecule has 4 aromatic rings. The molecule has 1 aliphatic carbocycles. The number of ether oxygens (including phenoxy) is 1. The summed E-state index contributed by atoms with van der Waals surface area (Å²) in [5.41, 5.74) is 5.62. The number of aliphatic carboxylic acids is 1. The second-order valence-corrected chi connectivity index (χ2v) is 9.98. The van der Waals surface area contributed by atoms with Gasteiger partial charge < -0.3 is 19.7 Å². The van der Waals surface area contributed by atoms with E-state index in [1.54, 1.807) is 24.3 Å². The number of carboxylic acid groups (broad SMARTS) is 1. The SMILES string of the molecule is O=C(NC(C(=O)O)c1ccccc1)c1ccc2c(C3CCCCC3)c3n(c2c1)CCOc1ccccc1-3. The highest BCUT2D eigenvalue weighted by atomic mass is 16.5. The van der Waals surface area contributed by atoms with Crippen LogP contribution in [0.5, 0.6) is 5.75 Å². The van der Waals surface area contributed by atoms with Crippen molar-refractivity contribution in [2.45, 2.75) is 50.6 Å². The third-order valence-corrected chi connectivity index (χ3v) is 7.75. The number of fused-ring (bicyclic) bond motifs is 5.